The summed E-state index contributed by atoms with van der Waals surface area (Å²) >= 11 is 0. The molecule has 100 valence electrons. The highest BCUT2D eigenvalue weighted by atomic mass is 15.2. The molecule has 1 atom stereocenters. The fourth-order valence-electron chi connectivity index (χ4n) is 3.09. The maximum Gasteiger partial charge on any atom is 0.0453 e. The van der Waals surface area contributed by atoms with Gasteiger partial charge in [0.05, 0.1) is 0 Å². The maximum atomic E-state index is 2.57. The van der Waals surface area contributed by atoms with Crippen molar-refractivity contribution in [3.05, 3.63) is 48.3 Å². The van der Waals surface area contributed by atoms with Crippen LogP contribution in [0.3, 0.4) is 0 Å². The fraction of sp³-hybridized carbons (Fsp3) is 0.412. The molecule has 1 aromatic carbocycles. The van der Waals surface area contributed by atoms with Crippen LogP contribution in [0.1, 0.15) is 31.7 Å². The van der Waals surface area contributed by atoms with Crippen LogP contribution >= 0.6 is 0 Å². The summed E-state index contributed by atoms with van der Waals surface area (Å²) in [5.74, 6) is 0. The molecule has 0 saturated carbocycles. The minimum absolute atomic E-state index is 0.671. The van der Waals surface area contributed by atoms with Gasteiger partial charge in [0.15, 0.2) is 0 Å². The molecule has 0 spiro atoms. The molecule has 1 saturated heterocycles. The van der Waals surface area contributed by atoms with Gasteiger partial charge in [-0.15, -0.1) is 0 Å². The number of aromatic nitrogens is 1. The lowest BCUT2D eigenvalue weighted by molar-refractivity contribution is 0.484. The normalized spacial score (nSPS) is 19.7. The predicted molar refractivity (Wildman–Crippen MR) is 81.2 cm³/mol. The Bertz CT molecular complexity index is 542. The summed E-state index contributed by atoms with van der Waals surface area (Å²) in [5.41, 5.74) is 4.03. The van der Waals surface area contributed by atoms with Crippen molar-refractivity contribution in [2.45, 2.75) is 39.2 Å². The quantitative estimate of drug-likeness (QED) is 0.781. The second-order valence-corrected chi connectivity index (χ2v) is 5.60. The molecule has 19 heavy (non-hydrogen) atoms. The van der Waals surface area contributed by atoms with E-state index in [2.05, 4.69) is 66.0 Å². The topological polar surface area (TPSA) is 8.17 Å². The largest absolute Gasteiger partial charge is 0.369 e. The van der Waals surface area contributed by atoms with E-state index in [-0.39, 0.29) is 0 Å². The van der Waals surface area contributed by atoms with E-state index in [1.807, 2.05) is 0 Å². The predicted octanol–water partition coefficient (Wildman–Crippen LogP) is 4.16. The Morgan fingerprint density at radius 2 is 1.89 bits per heavy atom. The number of piperidine rings is 1. The van der Waals surface area contributed by atoms with Crippen LogP contribution in [0.15, 0.2) is 42.7 Å². The van der Waals surface area contributed by atoms with Gasteiger partial charge in [-0.1, -0.05) is 0 Å². The standard InChI is InChI=1S/C17H22N2/c1-14-13-16(18-10-5-6-11-18)8-9-17(14)19-12-4-3-7-15(19)2/h5-6,8-11,13,15H,3-4,7,12H2,1-2H3/t15-/m0/s1. The van der Waals surface area contributed by atoms with E-state index in [1.165, 1.54) is 42.7 Å². The second kappa shape index (κ2) is 5.12. The van der Waals surface area contributed by atoms with Gasteiger partial charge in [0.25, 0.3) is 0 Å². The minimum Gasteiger partial charge on any atom is -0.369 e. The third-order valence-electron chi connectivity index (χ3n) is 4.20. The first-order chi connectivity index (χ1) is 9.25. The SMILES string of the molecule is Cc1cc(-n2cccc2)ccc1N1CCCC[C@@H]1C. The number of nitrogens with zero attached hydrogens (tertiary/aromatic N) is 2. The molecule has 3 rings (SSSR count). The van der Waals surface area contributed by atoms with Crippen LogP contribution in [-0.2, 0) is 0 Å². The lowest BCUT2D eigenvalue weighted by atomic mass is 10.0. The van der Waals surface area contributed by atoms with Gasteiger partial charge >= 0.3 is 0 Å². The Morgan fingerprint density at radius 1 is 1.11 bits per heavy atom. The molecule has 0 aliphatic carbocycles. The molecule has 0 N–H and O–H groups in total. The molecule has 2 heterocycles. The number of hydrogen-bond acceptors (Lipinski definition) is 1. The summed E-state index contributed by atoms with van der Waals surface area (Å²) < 4.78 is 2.16. The zero-order valence-electron chi connectivity index (χ0n) is 11.8. The van der Waals surface area contributed by atoms with Crippen LogP contribution in [-0.4, -0.2) is 17.2 Å². The highest BCUT2D eigenvalue weighted by Gasteiger charge is 2.19. The fourth-order valence-corrected chi connectivity index (χ4v) is 3.09. The molecule has 1 aliphatic heterocycles. The van der Waals surface area contributed by atoms with Gasteiger partial charge in [-0.3, -0.25) is 0 Å². The lowest BCUT2D eigenvalue weighted by Gasteiger charge is -2.36. The number of anilines is 1. The summed E-state index contributed by atoms with van der Waals surface area (Å²) in [5, 5.41) is 0. The molecule has 1 aromatic heterocycles. The first-order valence-corrected chi connectivity index (χ1v) is 7.26. The highest BCUT2D eigenvalue weighted by molar-refractivity contribution is 5.58. The summed E-state index contributed by atoms with van der Waals surface area (Å²) in [6.45, 7) is 5.77. The first-order valence-electron chi connectivity index (χ1n) is 7.26. The van der Waals surface area contributed by atoms with Crippen LogP contribution in [0, 0.1) is 6.92 Å². The average molecular weight is 254 g/mol. The Morgan fingerprint density at radius 3 is 2.58 bits per heavy atom. The molecule has 2 nitrogen and oxygen atoms in total. The van der Waals surface area contributed by atoms with Gasteiger partial charge in [0.2, 0.25) is 0 Å². The second-order valence-electron chi connectivity index (χ2n) is 5.60. The molecule has 2 aromatic rings. The number of hydrogen-bond donors (Lipinski definition) is 0. The number of rotatable bonds is 2. The van der Waals surface area contributed by atoms with E-state index in [0.29, 0.717) is 6.04 Å². The van der Waals surface area contributed by atoms with Gasteiger partial charge in [0.1, 0.15) is 0 Å². The molecule has 2 heteroatoms. The smallest absolute Gasteiger partial charge is 0.0453 e. The molecular weight excluding hydrogens is 232 g/mol. The zero-order valence-corrected chi connectivity index (χ0v) is 11.8. The molecule has 0 unspecified atom stereocenters. The summed E-state index contributed by atoms with van der Waals surface area (Å²) in [6, 6.07) is 11.6. The van der Waals surface area contributed by atoms with Crippen LogP contribution < -0.4 is 4.90 Å². The van der Waals surface area contributed by atoms with Crippen molar-refractivity contribution in [2.24, 2.45) is 0 Å². The summed E-state index contributed by atoms with van der Waals surface area (Å²) in [4.78, 5) is 2.57. The van der Waals surface area contributed by atoms with E-state index < -0.39 is 0 Å². The van der Waals surface area contributed by atoms with Crippen molar-refractivity contribution in [2.75, 3.05) is 11.4 Å². The van der Waals surface area contributed by atoms with Crippen molar-refractivity contribution in [1.29, 1.82) is 0 Å². The monoisotopic (exact) mass is 254 g/mol. The van der Waals surface area contributed by atoms with Crippen molar-refractivity contribution in [3.8, 4) is 5.69 Å². The average Bonchev–Trinajstić information content (AvgIpc) is 2.94. The molecule has 1 fully saturated rings. The summed E-state index contributed by atoms with van der Waals surface area (Å²) in [7, 11) is 0. The Hall–Kier alpha value is -1.70. The minimum atomic E-state index is 0.671. The lowest BCUT2D eigenvalue weighted by Crippen LogP contribution is -2.37. The molecular formula is C17H22N2. The molecule has 0 radical (unpaired) electrons. The Labute approximate surface area is 115 Å². The van der Waals surface area contributed by atoms with E-state index in [9.17, 15) is 0 Å². The van der Waals surface area contributed by atoms with Gasteiger partial charge in [0, 0.05) is 36.4 Å². The third-order valence-corrected chi connectivity index (χ3v) is 4.20. The third kappa shape index (κ3) is 2.40. The Kier molecular flexibility index (Phi) is 3.33. The van der Waals surface area contributed by atoms with E-state index in [1.54, 1.807) is 0 Å². The van der Waals surface area contributed by atoms with E-state index in [4.69, 9.17) is 0 Å². The number of aryl methyl sites for hydroxylation is 1. The summed E-state index contributed by atoms with van der Waals surface area (Å²) in [6.07, 6.45) is 8.20. The van der Waals surface area contributed by atoms with Crippen LogP contribution in [0.25, 0.3) is 5.69 Å². The zero-order chi connectivity index (χ0) is 13.2. The van der Waals surface area contributed by atoms with Gasteiger partial charge in [-0.05, 0) is 69.0 Å². The van der Waals surface area contributed by atoms with Gasteiger partial charge < -0.3 is 9.47 Å². The molecule has 0 bridgehead atoms. The van der Waals surface area contributed by atoms with Crippen LogP contribution in [0.4, 0.5) is 5.69 Å². The van der Waals surface area contributed by atoms with Crippen molar-refractivity contribution in [3.63, 3.8) is 0 Å². The van der Waals surface area contributed by atoms with E-state index in [0.717, 1.165) is 0 Å². The van der Waals surface area contributed by atoms with E-state index >= 15 is 0 Å². The first kappa shape index (κ1) is 12.3. The Balaban J connectivity index is 1.91. The van der Waals surface area contributed by atoms with Crippen molar-refractivity contribution in [1.82, 2.24) is 4.57 Å². The van der Waals surface area contributed by atoms with Crippen molar-refractivity contribution < 1.29 is 0 Å². The van der Waals surface area contributed by atoms with Crippen LogP contribution in [0.5, 0.6) is 0 Å². The number of benzene rings is 1. The van der Waals surface area contributed by atoms with Crippen LogP contribution in [0.2, 0.25) is 0 Å². The molecule has 0 amide bonds. The van der Waals surface area contributed by atoms with Crippen molar-refractivity contribution >= 4 is 5.69 Å². The molecule has 1 aliphatic rings. The van der Waals surface area contributed by atoms with Gasteiger partial charge in [-0.2, -0.15) is 0 Å². The maximum absolute atomic E-state index is 2.57. The van der Waals surface area contributed by atoms with Gasteiger partial charge in [-0.25, -0.2) is 0 Å². The highest BCUT2D eigenvalue weighted by Crippen LogP contribution is 2.29.